The van der Waals surface area contributed by atoms with Gasteiger partial charge in [0.15, 0.2) is 6.10 Å². The summed E-state index contributed by atoms with van der Waals surface area (Å²) in [6.45, 7) is 2.80. The monoisotopic (exact) mass is 830 g/mol. The number of allylic oxidation sites excluding steroid dienone is 4. The van der Waals surface area contributed by atoms with Gasteiger partial charge in [0.25, 0.3) is 0 Å². The zero-order valence-corrected chi connectivity index (χ0v) is 37.1. The molecule has 0 radical (unpaired) electrons. The highest BCUT2D eigenvalue weighted by atomic mass is 31.2. The van der Waals surface area contributed by atoms with Gasteiger partial charge in [-0.15, -0.1) is 0 Å². The molecule has 0 heterocycles. The SMILES string of the molecule is CCCCC/C=C\C/C=C\CCCCCCCCCCCC(=O)O[C@H](COC(=O)CCCCCCCCCCCCCCCC)COP(=O)(O)OC[C@H](N)C(=O)O. The standard InChI is InChI=1S/C45H84NO10P/c1-3-5-7-9-11-13-15-17-19-20-21-22-23-25-27-29-31-33-35-37-44(48)56-41(39-54-57(51,52)55-40-42(46)45(49)50)38-53-43(47)36-34-32-30-28-26-24-18-16-14-12-10-8-6-4-2/h11,13,17,19,41-42H,3-10,12,14-16,18,20-40,46H2,1-2H3,(H,49,50)(H,51,52)/b13-11-,19-17-/t41-,42+/m1/s1. The number of phosphoric acid groups is 1. The number of hydrogen-bond donors (Lipinski definition) is 3. The Bertz CT molecular complexity index is 1070. The van der Waals surface area contributed by atoms with Crippen LogP contribution in [-0.2, 0) is 37.5 Å². The maximum atomic E-state index is 12.6. The second-order valence-electron chi connectivity index (χ2n) is 15.5. The van der Waals surface area contributed by atoms with Gasteiger partial charge in [-0.3, -0.25) is 23.4 Å². The highest BCUT2D eigenvalue weighted by Crippen LogP contribution is 2.43. The van der Waals surface area contributed by atoms with Crippen molar-refractivity contribution in [2.75, 3.05) is 19.8 Å². The van der Waals surface area contributed by atoms with Gasteiger partial charge < -0.3 is 25.2 Å². The van der Waals surface area contributed by atoms with Crippen LogP contribution in [0.1, 0.15) is 213 Å². The fourth-order valence-electron chi connectivity index (χ4n) is 6.33. The lowest BCUT2D eigenvalue weighted by atomic mass is 10.0. The van der Waals surface area contributed by atoms with E-state index in [4.69, 9.17) is 24.8 Å². The van der Waals surface area contributed by atoms with Crippen molar-refractivity contribution in [1.82, 2.24) is 0 Å². The van der Waals surface area contributed by atoms with Gasteiger partial charge >= 0.3 is 25.7 Å². The van der Waals surface area contributed by atoms with E-state index in [0.717, 1.165) is 51.4 Å². The molecule has 0 aliphatic heterocycles. The van der Waals surface area contributed by atoms with Crippen LogP contribution in [0.4, 0.5) is 0 Å². The molecule has 0 aromatic rings. The summed E-state index contributed by atoms with van der Waals surface area (Å²) in [4.78, 5) is 46.0. The molecule has 0 bridgehead atoms. The number of aliphatic carboxylic acids is 1. The molecule has 0 aromatic carbocycles. The zero-order chi connectivity index (χ0) is 42.1. The van der Waals surface area contributed by atoms with Crippen molar-refractivity contribution < 1.29 is 47.5 Å². The number of rotatable bonds is 43. The number of carboxylic acids is 1. The van der Waals surface area contributed by atoms with Crippen molar-refractivity contribution in [3.63, 3.8) is 0 Å². The Morgan fingerprint density at radius 1 is 0.544 bits per heavy atom. The number of unbranched alkanes of at least 4 members (excludes halogenated alkanes) is 25. The van der Waals surface area contributed by atoms with Crippen LogP contribution in [0.5, 0.6) is 0 Å². The molecule has 0 saturated heterocycles. The Morgan fingerprint density at radius 3 is 1.40 bits per heavy atom. The highest BCUT2D eigenvalue weighted by molar-refractivity contribution is 7.47. The van der Waals surface area contributed by atoms with Crippen LogP contribution in [-0.4, -0.2) is 59.9 Å². The highest BCUT2D eigenvalue weighted by Gasteiger charge is 2.28. The van der Waals surface area contributed by atoms with Crippen molar-refractivity contribution in [3.05, 3.63) is 24.3 Å². The first-order valence-electron chi connectivity index (χ1n) is 22.9. The van der Waals surface area contributed by atoms with E-state index in [-0.39, 0.29) is 19.4 Å². The third-order valence-electron chi connectivity index (χ3n) is 9.95. The minimum absolute atomic E-state index is 0.159. The molecule has 3 atom stereocenters. The zero-order valence-electron chi connectivity index (χ0n) is 36.2. The van der Waals surface area contributed by atoms with E-state index in [1.165, 1.54) is 122 Å². The third-order valence-corrected chi connectivity index (χ3v) is 10.9. The minimum Gasteiger partial charge on any atom is -0.480 e. The van der Waals surface area contributed by atoms with Gasteiger partial charge in [0, 0.05) is 12.8 Å². The molecule has 57 heavy (non-hydrogen) atoms. The minimum atomic E-state index is -4.71. The van der Waals surface area contributed by atoms with E-state index in [0.29, 0.717) is 12.8 Å². The molecule has 1 unspecified atom stereocenters. The Hall–Kier alpha value is -2.04. The van der Waals surface area contributed by atoms with E-state index in [9.17, 15) is 23.8 Å². The lowest BCUT2D eigenvalue weighted by Gasteiger charge is -2.20. The number of ether oxygens (including phenoxy) is 2. The lowest BCUT2D eigenvalue weighted by Crippen LogP contribution is -2.34. The summed E-state index contributed by atoms with van der Waals surface area (Å²) in [5.74, 6) is -2.37. The molecule has 0 fully saturated rings. The Morgan fingerprint density at radius 2 is 0.930 bits per heavy atom. The van der Waals surface area contributed by atoms with Crippen LogP contribution in [0.3, 0.4) is 0 Å². The van der Waals surface area contributed by atoms with Gasteiger partial charge in [-0.05, 0) is 44.9 Å². The van der Waals surface area contributed by atoms with Crippen molar-refractivity contribution in [3.8, 4) is 0 Å². The molecule has 0 rings (SSSR count). The van der Waals surface area contributed by atoms with E-state index < -0.39 is 51.1 Å². The van der Waals surface area contributed by atoms with Crippen molar-refractivity contribution >= 4 is 25.7 Å². The molecule has 11 nitrogen and oxygen atoms in total. The van der Waals surface area contributed by atoms with Crippen LogP contribution in [0, 0.1) is 0 Å². The average Bonchev–Trinajstić information content (AvgIpc) is 3.19. The smallest absolute Gasteiger partial charge is 0.472 e. The fourth-order valence-corrected chi connectivity index (χ4v) is 7.11. The second-order valence-corrected chi connectivity index (χ2v) is 17.0. The quantitative estimate of drug-likeness (QED) is 0.0231. The summed E-state index contributed by atoms with van der Waals surface area (Å²) in [5, 5.41) is 8.89. The first-order valence-corrected chi connectivity index (χ1v) is 24.4. The number of carbonyl (C=O) groups excluding carboxylic acids is 2. The molecular formula is C45H84NO10P. The molecule has 4 N–H and O–H groups in total. The lowest BCUT2D eigenvalue weighted by molar-refractivity contribution is -0.161. The number of carbonyl (C=O) groups is 3. The van der Waals surface area contributed by atoms with Crippen molar-refractivity contribution in [2.45, 2.75) is 225 Å². The van der Waals surface area contributed by atoms with Crippen LogP contribution in [0.2, 0.25) is 0 Å². The molecule has 12 heteroatoms. The van der Waals surface area contributed by atoms with Crippen LogP contribution in [0.25, 0.3) is 0 Å². The van der Waals surface area contributed by atoms with Crippen LogP contribution >= 0.6 is 7.82 Å². The summed E-state index contributed by atoms with van der Waals surface area (Å²) in [7, 11) is -4.71. The van der Waals surface area contributed by atoms with Gasteiger partial charge in [-0.1, -0.05) is 179 Å². The van der Waals surface area contributed by atoms with E-state index in [2.05, 4.69) is 42.7 Å². The number of carboxylic acid groups (broad SMARTS) is 1. The van der Waals surface area contributed by atoms with E-state index in [1.807, 2.05) is 0 Å². The molecule has 0 saturated carbocycles. The summed E-state index contributed by atoms with van der Waals surface area (Å²) in [5.41, 5.74) is 5.34. The van der Waals surface area contributed by atoms with Gasteiger partial charge in [0.2, 0.25) is 0 Å². The molecule has 0 aromatic heterocycles. The Balaban J connectivity index is 4.31. The molecule has 334 valence electrons. The third kappa shape index (κ3) is 40.5. The van der Waals surface area contributed by atoms with Crippen molar-refractivity contribution in [2.24, 2.45) is 5.73 Å². The average molecular weight is 830 g/mol. The number of esters is 2. The first kappa shape index (κ1) is 55.0. The molecule has 0 aliphatic rings. The fraction of sp³-hybridized carbons (Fsp3) is 0.844. The predicted octanol–water partition coefficient (Wildman–Crippen LogP) is 12.2. The number of nitrogens with two attached hydrogens (primary N) is 1. The second kappa shape index (κ2) is 40.7. The molecule has 0 amide bonds. The summed E-state index contributed by atoms with van der Waals surface area (Å²) in [6.07, 6.45) is 42.3. The summed E-state index contributed by atoms with van der Waals surface area (Å²) in [6, 6.07) is -1.52. The summed E-state index contributed by atoms with van der Waals surface area (Å²) < 4.78 is 32.7. The van der Waals surface area contributed by atoms with Gasteiger partial charge in [0.1, 0.15) is 12.6 Å². The normalized spacial score (nSPS) is 13.9. The topological polar surface area (TPSA) is 172 Å². The molecular weight excluding hydrogens is 745 g/mol. The van der Waals surface area contributed by atoms with Crippen molar-refractivity contribution in [1.29, 1.82) is 0 Å². The molecule has 0 spiro atoms. The molecule has 0 aliphatic carbocycles. The van der Waals surface area contributed by atoms with E-state index >= 15 is 0 Å². The van der Waals surface area contributed by atoms with Gasteiger partial charge in [-0.2, -0.15) is 0 Å². The maximum absolute atomic E-state index is 12.6. The Labute approximate surface area is 347 Å². The largest absolute Gasteiger partial charge is 0.480 e. The van der Waals surface area contributed by atoms with E-state index in [1.54, 1.807) is 0 Å². The number of phosphoric ester groups is 1. The van der Waals surface area contributed by atoms with Crippen LogP contribution in [0.15, 0.2) is 24.3 Å². The predicted molar refractivity (Wildman–Crippen MR) is 231 cm³/mol. The Kier molecular flexibility index (Phi) is 39.3. The maximum Gasteiger partial charge on any atom is 0.472 e. The van der Waals surface area contributed by atoms with Gasteiger partial charge in [0.05, 0.1) is 13.2 Å². The van der Waals surface area contributed by atoms with Crippen LogP contribution < -0.4 is 5.73 Å². The first-order chi connectivity index (χ1) is 27.6. The number of hydrogen-bond acceptors (Lipinski definition) is 9. The summed E-state index contributed by atoms with van der Waals surface area (Å²) >= 11 is 0. The van der Waals surface area contributed by atoms with Gasteiger partial charge in [-0.25, -0.2) is 4.57 Å².